The van der Waals surface area contributed by atoms with Crippen LogP contribution < -0.4 is 4.90 Å². The van der Waals surface area contributed by atoms with Gasteiger partial charge in [-0.15, -0.1) is 0 Å². The highest BCUT2D eigenvalue weighted by atomic mass is 16.6. The number of hydrogen-bond acceptors (Lipinski definition) is 4. The Kier molecular flexibility index (Phi) is 4.32. The number of aryl methyl sites for hydroxylation is 2. The number of benzene rings is 1. The van der Waals surface area contributed by atoms with Gasteiger partial charge < -0.3 is 4.90 Å². The molecule has 0 bridgehead atoms. The Hall–Kier alpha value is -2.70. The Balaban J connectivity index is 2.14. The van der Waals surface area contributed by atoms with Crippen LogP contribution in [0.2, 0.25) is 0 Å². The summed E-state index contributed by atoms with van der Waals surface area (Å²) >= 11 is 0. The molecule has 1 aliphatic rings. The topological polar surface area (TPSA) is 81.3 Å². The van der Waals surface area contributed by atoms with Crippen LogP contribution in [0.25, 0.3) is 0 Å². The van der Waals surface area contributed by atoms with Crippen molar-refractivity contribution >= 4 is 17.3 Å². The van der Waals surface area contributed by atoms with Gasteiger partial charge in [0.2, 0.25) is 5.69 Å². The molecule has 2 heterocycles. The summed E-state index contributed by atoms with van der Waals surface area (Å²) in [6, 6.07) is 7.74. The van der Waals surface area contributed by atoms with Crippen molar-refractivity contribution in [2.75, 3.05) is 4.90 Å². The maximum absolute atomic E-state index is 13.3. The van der Waals surface area contributed by atoms with Crippen LogP contribution in [0.15, 0.2) is 24.3 Å². The van der Waals surface area contributed by atoms with E-state index in [2.05, 4.69) is 18.9 Å². The van der Waals surface area contributed by atoms with E-state index >= 15 is 0 Å². The SMILES string of the molecule is Cc1c([N+](=O)[O-])c(C(=O)N2c3ccccc3CC[C@H]2C(C)C)nn1C. The fourth-order valence-corrected chi connectivity index (χ4v) is 3.53. The molecule has 7 nitrogen and oxygen atoms in total. The molecule has 2 aromatic rings. The van der Waals surface area contributed by atoms with E-state index in [9.17, 15) is 14.9 Å². The lowest BCUT2D eigenvalue weighted by Crippen LogP contribution is -2.46. The fraction of sp³-hybridized carbons (Fsp3) is 0.444. The quantitative estimate of drug-likeness (QED) is 0.633. The van der Waals surface area contributed by atoms with Crippen molar-refractivity contribution in [3.8, 4) is 0 Å². The molecule has 0 saturated heterocycles. The molecule has 3 rings (SSSR count). The highest BCUT2D eigenvalue weighted by molar-refractivity contribution is 6.08. The molecule has 1 atom stereocenters. The predicted octanol–water partition coefficient (Wildman–Crippen LogP) is 3.25. The maximum Gasteiger partial charge on any atom is 0.322 e. The lowest BCUT2D eigenvalue weighted by atomic mass is 9.89. The van der Waals surface area contributed by atoms with Gasteiger partial charge in [0, 0.05) is 18.8 Å². The van der Waals surface area contributed by atoms with Crippen molar-refractivity contribution in [2.24, 2.45) is 13.0 Å². The smallest absolute Gasteiger partial charge is 0.303 e. The van der Waals surface area contributed by atoms with Crippen molar-refractivity contribution in [3.05, 3.63) is 51.3 Å². The summed E-state index contributed by atoms with van der Waals surface area (Å²) in [4.78, 5) is 26.0. The van der Waals surface area contributed by atoms with E-state index in [0.717, 1.165) is 24.1 Å². The highest BCUT2D eigenvalue weighted by Crippen LogP contribution is 2.36. The summed E-state index contributed by atoms with van der Waals surface area (Å²) in [7, 11) is 1.61. The van der Waals surface area contributed by atoms with E-state index in [1.807, 2.05) is 24.3 Å². The number of para-hydroxylation sites is 1. The van der Waals surface area contributed by atoms with Crippen LogP contribution in [0.3, 0.4) is 0 Å². The molecule has 1 amide bonds. The van der Waals surface area contributed by atoms with Crippen molar-refractivity contribution in [2.45, 2.75) is 39.7 Å². The molecule has 0 unspecified atom stereocenters. The molecule has 1 aliphatic heterocycles. The molecule has 0 fully saturated rings. The zero-order valence-electron chi connectivity index (χ0n) is 14.9. The van der Waals surface area contributed by atoms with Gasteiger partial charge in [-0.1, -0.05) is 32.0 Å². The highest BCUT2D eigenvalue weighted by Gasteiger charge is 2.38. The zero-order valence-corrected chi connectivity index (χ0v) is 14.9. The average molecular weight is 342 g/mol. The lowest BCUT2D eigenvalue weighted by molar-refractivity contribution is -0.385. The number of rotatable bonds is 3. The fourth-order valence-electron chi connectivity index (χ4n) is 3.53. The van der Waals surface area contributed by atoms with Crippen molar-refractivity contribution in [3.63, 3.8) is 0 Å². The van der Waals surface area contributed by atoms with Crippen LogP contribution in [-0.2, 0) is 13.5 Å². The summed E-state index contributed by atoms with van der Waals surface area (Å²) in [6.45, 7) is 5.74. The Morgan fingerprint density at radius 2 is 2.04 bits per heavy atom. The van der Waals surface area contributed by atoms with Gasteiger partial charge in [0.25, 0.3) is 5.91 Å². The maximum atomic E-state index is 13.3. The predicted molar refractivity (Wildman–Crippen MR) is 94.8 cm³/mol. The normalized spacial score (nSPS) is 16.8. The Morgan fingerprint density at radius 3 is 2.68 bits per heavy atom. The third-order valence-electron chi connectivity index (χ3n) is 4.97. The molecule has 0 saturated carbocycles. The number of aromatic nitrogens is 2. The molecule has 1 aromatic heterocycles. The van der Waals surface area contributed by atoms with Crippen LogP contribution in [-0.4, -0.2) is 26.7 Å². The number of amides is 1. The first-order chi connectivity index (χ1) is 11.8. The van der Waals surface area contributed by atoms with E-state index in [4.69, 9.17) is 0 Å². The van der Waals surface area contributed by atoms with Crippen LogP contribution in [0.5, 0.6) is 0 Å². The van der Waals surface area contributed by atoms with E-state index in [1.165, 1.54) is 4.68 Å². The van der Waals surface area contributed by atoms with Gasteiger partial charge >= 0.3 is 5.69 Å². The molecular formula is C18H22N4O3. The van der Waals surface area contributed by atoms with Crippen LogP contribution in [0, 0.1) is 23.0 Å². The third-order valence-corrected chi connectivity index (χ3v) is 4.97. The lowest BCUT2D eigenvalue weighted by Gasteiger charge is -2.39. The van der Waals surface area contributed by atoms with Gasteiger partial charge in [-0.2, -0.15) is 5.10 Å². The molecule has 0 aliphatic carbocycles. The second-order valence-corrected chi connectivity index (χ2v) is 6.82. The molecule has 25 heavy (non-hydrogen) atoms. The monoisotopic (exact) mass is 342 g/mol. The molecule has 0 N–H and O–H groups in total. The van der Waals surface area contributed by atoms with E-state index in [-0.39, 0.29) is 23.3 Å². The van der Waals surface area contributed by atoms with E-state index in [0.29, 0.717) is 5.69 Å². The van der Waals surface area contributed by atoms with Gasteiger partial charge in [-0.25, -0.2) is 0 Å². The van der Waals surface area contributed by atoms with E-state index < -0.39 is 10.8 Å². The first-order valence-electron chi connectivity index (χ1n) is 8.42. The Bertz CT molecular complexity index is 841. The minimum Gasteiger partial charge on any atom is -0.303 e. The number of hydrogen-bond donors (Lipinski definition) is 0. The Morgan fingerprint density at radius 1 is 1.36 bits per heavy atom. The molecule has 132 valence electrons. The van der Waals surface area contributed by atoms with Crippen LogP contribution in [0.1, 0.15) is 42.0 Å². The summed E-state index contributed by atoms with van der Waals surface area (Å²) in [5, 5.41) is 15.6. The first-order valence-corrected chi connectivity index (χ1v) is 8.42. The third kappa shape index (κ3) is 2.79. The van der Waals surface area contributed by atoms with Gasteiger partial charge in [0.05, 0.1) is 4.92 Å². The molecule has 7 heteroatoms. The number of carbonyl (C=O) groups is 1. The second kappa shape index (κ2) is 6.31. The summed E-state index contributed by atoms with van der Waals surface area (Å²) in [6.07, 6.45) is 1.73. The minimum absolute atomic E-state index is 0.00989. The zero-order chi connectivity index (χ0) is 18.3. The number of carbonyl (C=O) groups excluding carboxylic acids is 1. The van der Waals surface area contributed by atoms with Crippen molar-refractivity contribution < 1.29 is 9.72 Å². The van der Waals surface area contributed by atoms with Gasteiger partial charge in [0.15, 0.2) is 0 Å². The summed E-state index contributed by atoms with van der Waals surface area (Å²) in [5.41, 5.74) is 1.99. The van der Waals surface area contributed by atoms with Crippen molar-refractivity contribution in [1.29, 1.82) is 0 Å². The molecular weight excluding hydrogens is 320 g/mol. The van der Waals surface area contributed by atoms with Gasteiger partial charge in [-0.05, 0) is 37.3 Å². The van der Waals surface area contributed by atoms with Crippen LogP contribution >= 0.6 is 0 Å². The van der Waals surface area contributed by atoms with E-state index in [1.54, 1.807) is 18.9 Å². The molecule has 1 aromatic carbocycles. The Labute approximate surface area is 146 Å². The largest absolute Gasteiger partial charge is 0.322 e. The standard InChI is InChI=1S/C18H22N4O3/c1-11(2)14-10-9-13-7-5-6-8-15(13)21(14)18(23)16-17(22(24)25)12(3)20(4)19-16/h5-8,11,14H,9-10H2,1-4H3/t14-/m0/s1. The summed E-state index contributed by atoms with van der Waals surface area (Å²) < 4.78 is 1.39. The number of fused-ring (bicyclic) bond motifs is 1. The van der Waals surface area contributed by atoms with Crippen LogP contribution in [0.4, 0.5) is 11.4 Å². The van der Waals surface area contributed by atoms with Gasteiger partial charge in [0.1, 0.15) is 5.69 Å². The van der Waals surface area contributed by atoms with Crippen molar-refractivity contribution in [1.82, 2.24) is 9.78 Å². The molecule has 0 radical (unpaired) electrons. The number of nitrogens with zero attached hydrogens (tertiary/aromatic N) is 4. The summed E-state index contributed by atoms with van der Waals surface area (Å²) in [5.74, 6) is -0.164. The van der Waals surface area contributed by atoms with Gasteiger partial charge in [-0.3, -0.25) is 19.6 Å². The molecule has 0 spiro atoms. The minimum atomic E-state index is -0.518. The first kappa shape index (κ1) is 17.1. The average Bonchev–Trinajstić information content (AvgIpc) is 2.88. The number of anilines is 1. The second-order valence-electron chi connectivity index (χ2n) is 6.82. The number of nitro groups is 1.